The molecule has 0 N–H and O–H groups in total. The first-order chi connectivity index (χ1) is 9.86. The molecule has 20 heavy (non-hydrogen) atoms. The molecule has 0 spiro atoms. The monoisotopic (exact) mass is 344 g/mol. The van der Waals surface area contributed by atoms with Crippen molar-refractivity contribution in [2.24, 2.45) is 23.7 Å². The number of hydrogen-bond donors (Lipinski definition) is 0. The predicted octanol–water partition coefficient (Wildman–Crippen LogP) is 4.76. The molecule has 2 nitrogen and oxygen atoms in total. The number of alkyl halides is 1. The fourth-order valence-corrected chi connectivity index (χ4v) is 5.13. The van der Waals surface area contributed by atoms with Crippen molar-refractivity contribution in [1.29, 1.82) is 0 Å². The summed E-state index contributed by atoms with van der Waals surface area (Å²) in [5.41, 5.74) is 0. The van der Waals surface area contributed by atoms with Crippen LogP contribution in [-0.4, -0.2) is 24.8 Å². The van der Waals surface area contributed by atoms with Gasteiger partial charge in [0.15, 0.2) is 6.29 Å². The van der Waals surface area contributed by atoms with E-state index >= 15 is 0 Å². The van der Waals surface area contributed by atoms with Gasteiger partial charge in [-0.15, -0.1) is 0 Å². The van der Waals surface area contributed by atoms with Crippen LogP contribution in [0.15, 0.2) is 0 Å². The van der Waals surface area contributed by atoms with Crippen LogP contribution >= 0.6 is 15.9 Å². The van der Waals surface area contributed by atoms with Crippen LogP contribution in [-0.2, 0) is 9.47 Å². The van der Waals surface area contributed by atoms with E-state index in [0.29, 0.717) is 5.92 Å². The Bertz CT molecular complexity index is 275. The highest BCUT2D eigenvalue weighted by atomic mass is 79.9. The summed E-state index contributed by atoms with van der Waals surface area (Å²) in [6.45, 7) is 1.81. The molecule has 1 heterocycles. The van der Waals surface area contributed by atoms with Crippen molar-refractivity contribution in [3.8, 4) is 0 Å². The van der Waals surface area contributed by atoms with Crippen LogP contribution in [0.5, 0.6) is 0 Å². The molecule has 2 saturated carbocycles. The molecule has 0 aromatic carbocycles. The smallest absolute Gasteiger partial charge is 0.160 e. The molecule has 3 aliphatic rings. The Labute approximate surface area is 132 Å². The Kier molecular flexibility index (Phi) is 5.81. The molecule has 116 valence electrons. The Morgan fingerprint density at radius 1 is 0.700 bits per heavy atom. The Balaban J connectivity index is 1.42. The summed E-state index contributed by atoms with van der Waals surface area (Å²) in [6, 6.07) is 0. The summed E-state index contributed by atoms with van der Waals surface area (Å²) >= 11 is 3.65. The molecule has 0 aromatic rings. The van der Waals surface area contributed by atoms with Gasteiger partial charge in [0.2, 0.25) is 0 Å². The third-order valence-electron chi connectivity index (χ3n) is 5.83. The third-order valence-corrected chi connectivity index (χ3v) is 6.75. The maximum Gasteiger partial charge on any atom is 0.160 e. The Hall–Kier alpha value is 0.400. The summed E-state index contributed by atoms with van der Waals surface area (Å²) in [5, 5.41) is 1.21. The highest BCUT2D eigenvalue weighted by Gasteiger charge is 2.34. The molecule has 2 aliphatic carbocycles. The summed E-state index contributed by atoms with van der Waals surface area (Å²) in [6.07, 6.45) is 12.5. The van der Waals surface area contributed by atoms with Crippen LogP contribution < -0.4 is 0 Å². The largest absolute Gasteiger partial charge is 0.352 e. The lowest BCUT2D eigenvalue weighted by Gasteiger charge is -2.40. The fourth-order valence-electron chi connectivity index (χ4n) is 4.48. The zero-order valence-electron chi connectivity index (χ0n) is 12.6. The van der Waals surface area contributed by atoms with Crippen LogP contribution in [0.4, 0.5) is 0 Å². The van der Waals surface area contributed by atoms with Crippen molar-refractivity contribution in [3.63, 3.8) is 0 Å². The van der Waals surface area contributed by atoms with E-state index in [0.717, 1.165) is 37.4 Å². The average Bonchev–Trinajstić information content (AvgIpc) is 2.56. The van der Waals surface area contributed by atoms with Crippen molar-refractivity contribution in [3.05, 3.63) is 0 Å². The summed E-state index contributed by atoms with van der Waals surface area (Å²) in [5.74, 6) is 3.63. The molecule has 0 bridgehead atoms. The molecule has 0 amide bonds. The molecule has 3 rings (SSSR count). The van der Waals surface area contributed by atoms with Crippen molar-refractivity contribution >= 4 is 15.9 Å². The number of rotatable bonds is 3. The van der Waals surface area contributed by atoms with E-state index in [4.69, 9.17) is 9.47 Å². The highest BCUT2D eigenvalue weighted by molar-refractivity contribution is 9.09. The molecule has 0 atom stereocenters. The van der Waals surface area contributed by atoms with Gasteiger partial charge in [0.1, 0.15) is 0 Å². The molecule has 1 saturated heterocycles. The lowest BCUT2D eigenvalue weighted by atomic mass is 9.69. The van der Waals surface area contributed by atoms with Crippen LogP contribution in [0.2, 0.25) is 0 Å². The first-order valence-corrected chi connectivity index (χ1v) is 9.78. The van der Waals surface area contributed by atoms with Gasteiger partial charge >= 0.3 is 0 Å². The van der Waals surface area contributed by atoms with Crippen molar-refractivity contribution in [2.75, 3.05) is 18.5 Å². The van der Waals surface area contributed by atoms with Crippen LogP contribution in [0.1, 0.15) is 57.8 Å². The zero-order chi connectivity index (χ0) is 13.8. The Morgan fingerprint density at radius 3 is 1.75 bits per heavy atom. The molecule has 1 aliphatic heterocycles. The molecule has 3 fully saturated rings. The summed E-state index contributed by atoms with van der Waals surface area (Å²) in [7, 11) is 0. The van der Waals surface area contributed by atoms with E-state index in [2.05, 4.69) is 15.9 Å². The Morgan fingerprint density at radius 2 is 1.20 bits per heavy atom. The van der Waals surface area contributed by atoms with Gasteiger partial charge in [-0.2, -0.15) is 0 Å². The van der Waals surface area contributed by atoms with E-state index in [1.807, 2.05) is 0 Å². The van der Waals surface area contributed by atoms with Crippen LogP contribution in [0.3, 0.4) is 0 Å². The van der Waals surface area contributed by atoms with E-state index in [-0.39, 0.29) is 6.29 Å². The van der Waals surface area contributed by atoms with Gasteiger partial charge in [-0.3, -0.25) is 0 Å². The number of hydrogen-bond acceptors (Lipinski definition) is 2. The second-order valence-electron chi connectivity index (χ2n) is 7.07. The maximum atomic E-state index is 5.80. The topological polar surface area (TPSA) is 18.5 Å². The number of ether oxygens (including phenoxy) is 2. The maximum absolute atomic E-state index is 5.80. The van der Waals surface area contributed by atoms with Gasteiger partial charge in [0.25, 0.3) is 0 Å². The molecule has 0 radical (unpaired) electrons. The van der Waals surface area contributed by atoms with E-state index < -0.39 is 0 Å². The SMILES string of the molecule is BrCC1CCC(C2CCC(C3OCCCO3)CC2)CC1. The highest BCUT2D eigenvalue weighted by Crippen LogP contribution is 2.42. The first-order valence-electron chi connectivity index (χ1n) is 8.66. The van der Waals surface area contributed by atoms with E-state index in [1.54, 1.807) is 0 Å². The molecule has 3 heteroatoms. The first kappa shape index (κ1) is 15.3. The summed E-state index contributed by atoms with van der Waals surface area (Å²) in [4.78, 5) is 0. The standard InChI is InChI=1S/C17H29BrO2/c18-12-13-2-4-14(5-3-13)15-6-8-16(9-7-15)17-19-10-1-11-20-17/h13-17H,1-12H2. The van der Waals surface area contributed by atoms with E-state index in [1.165, 1.54) is 56.7 Å². The minimum Gasteiger partial charge on any atom is -0.352 e. The lowest BCUT2D eigenvalue weighted by molar-refractivity contribution is -0.211. The average molecular weight is 345 g/mol. The normalized spacial score (nSPS) is 40.6. The summed E-state index contributed by atoms with van der Waals surface area (Å²) < 4.78 is 11.6. The third kappa shape index (κ3) is 3.78. The minimum absolute atomic E-state index is 0.119. The van der Waals surface area contributed by atoms with Gasteiger partial charge in [-0.25, -0.2) is 0 Å². The van der Waals surface area contributed by atoms with Gasteiger partial charge in [0.05, 0.1) is 13.2 Å². The molecule has 0 unspecified atom stereocenters. The molecule has 0 aromatic heterocycles. The van der Waals surface area contributed by atoms with E-state index in [9.17, 15) is 0 Å². The van der Waals surface area contributed by atoms with Gasteiger partial charge < -0.3 is 9.47 Å². The fraction of sp³-hybridized carbons (Fsp3) is 1.00. The molecular weight excluding hydrogens is 316 g/mol. The predicted molar refractivity (Wildman–Crippen MR) is 85.0 cm³/mol. The lowest BCUT2D eigenvalue weighted by Crippen LogP contribution is -2.36. The van der Waals surface area contributed by atoms with Gasteiger partial charge in [-0.1, -0.05) is 15.9 Å². The number of halogens is 1. The van der Waals surface area contributed by atoms with Gasteiger partial charge in [0, 0.05) is 11.2 Å². The second-order valence-corrected chi connectivity index (χ2v) is 7.72. The van der Waals surface area contributed by atoms with Crippen molar-refractivity contribution in [2.45, 2.75) is 64.1 Å². The van der Waals surface area contributed by atoms with Crippen molar-refractivity contribution in [1.82, 2.24) is 0 Å². The van der Waals surface area contributed by atoms with Crippen molar-refractivity contribution < 1.29 is 9.47 Å². The van der Waals surface area contributed by atoms with Crippen LogP contribution in [0, 0.1) is 23.7 Å². The molecular formula is C17H29BrO2. The van der Waals surface area contributed by atoms with Gasteiger partial charge in [-0.05, 0) is 75.5 Å². The quantitative estimate of drug-likeness (QED) is 0.687. The minimum atomic E-state index is 0.119. The van der Waals surface area contributed by atoms with Crippen LogP contribution in [0.25, 0.3) is 0 Å². The zero-order valence-corrected chi connectivity index (χ0v) is 14.2. The second kappa shape index (κ2) is 7.60.